The molecule has 2 aromatic heterocycles. The first kappa shape index (κ1) is 20.3. The molecule has 164 valence electrons. The Bertz CT molecular complexity index is 1220. The van der Waals surface area contributed by atoms with Crippen LogP contribution >= 0.6 is 0 Å². The zero-order chi connectivity index (χ0) is 22.1. The van der Waals surface area contributed by atoms with Crippen molar-refractivity contribution in [3.05, 3.63) is 66.0 Å². The monoisotopic (exact) mass is 427 g/mol. The molecule has 2 aromatic carbocycles. The van der Waals surface area contributed by atoms with Crippen molar-refractivity contribution in [2.24, 2.45) is 0 Å². The summed E-state index contributed by atoms with van der Waals surface area (Å²) >= 11 is 0. The summed E-state index contributed by atoms with van der Waals surface area (Å²) in [6, 6.07) is 14.8. The minimum absolute atomic E-state index is 0.573. The van der Waals surface area contributed by atoms with E-state index in [0.29, 0.717) is 5.95 Å². The van der Waals surface area contributed by atoms with E-state index in [1.165, 1.54) is 16.6 Å². The van der Waals surface area contributed by atoms with Crippen molar-refractivity contribution in [1.29, 1.82) is 0 Å². The Labute approximate surface area is 188 Å². The minimum Gasteiger partial charge on any atom is -0.369 e. The van der Waals surface area contributed by atoms with Crippen LogP contribution in [0.4, 0.5) is 28.8 Å². The van der Waals surface area contributed by atoms with E-state index < -0.39 is 0 Å². The number of hydrogen-bond donors (Lipinski definition) is 3. The van der Waals surface area contributed by atoms with Crippen molar-refractivity contribution in [2.45, 2.75) is 13.8 Å². The number of piperazine rings is 1. The number of aromatic amines is 1. The van der Waals surface area contributed by atoms with E-state index >= 15 is 0 Å². The number of aromatic nitrogens is 3. The topological polar surface area (TPSA) is 72.1 Å². The molecule has 0 amide bonds. The molecule has 3 N–H and O–H groups in total. The van der Waals surface area contributed by atoms with Gasteiger partial charge >= 0.3 is 0 Å². The maximum absolute atomic E-state index is 4.73. The number of nitrogens with one attached hydrogen (secondary N) is 3. The van der Waals surface area contributed by atoms with Gasteiger partial charge in [0.1, 0.15) is 5.82 Å². The van der Waals surface area contributed by atoms with Gasteiger partial charge in [0.2, 0.25) is 5.95 Å². The van der Waals surface area contributed by atoms with E-state index in [4.69, 9.17) is 4.98 Å². The van der Waals surface area contributed by atoms with Crippen LogP contribution < -0.4 is 15.5 Å². The number of anilines is 5. The number of likely N-dealkylation sites (N-methyl/N-ethyl adjacent to an activating group) is 1. The van der Waals surface area contributed by atoms with Gasteiger partial charge in [-0.2, -0.15) is 4.98 Å². The number of aryl methyl sites for hydroxylation is 2. The summed E-state index contributed by atoms with van der Waals surface area (Å²) in [5.74, 6) is 1.37. The van der Waals surface area contributed by atoms with Gasteiger partial charge in [-0.15, -0.1) is 0 Å². The van der Waals surface area contributed by atoms with E-state index in [0.717, 1.165) is 54.5 Å². The maximum atomic E-state index is 4.73. The predicted molar refractivity (Wildman–Crippen MR) is 133 cm³/mol. The van der Waals surface area contributed by atoms with Crippen LogP contribution in [0.1, 0.15) is 11.1 Å². The lowest BCUT2D eigenvalue weighted by Crippen LogP contribution is -2.44. The molecule has 4 aromatic rings. The van der Waals surface area contributed by atoms with Crippen LogP contribution in [-0.4, -0.2) is 53.1 Å². The summed E-state index contributed by atoms with van der Waals surface area (Å²) < 4.78 is 0. The predicted octanol–water partition coefficient (Wildman–Crippen LogP) is 4.81. The summed E-state index contributed by atoms with van der Waals surface area (Å²) in [5, 5.41) is 8.03. The molecular formula is C25H29N7. The molecular weight excluding hydrogens is 398 g/mol. The van der Waals surface area contributed by atoms with Gasteiger partial charge in [-0.25, -0.2) is 4.98 Å². The largest absolute Gasteiger partial charge is 0.369 e. The van der Waals surface area contributed by atoms with Crippen molar-refractivity contribution < 1.29 is 0 Å². The molecule has 0 bridgehead atoms. The lowest BCUT2D eigenvalue weighted by molar-refractivity contribution is 0.313. The molecule has 1 aliphatic rings. The zero-order valence-corrected chi connectivity index (χ0v) is 18.8. The molecule has 7 heteroatoms. The molecule has 0 unspecified atom stereocenters. The highest BCUT2D eigenvalue weighted by molar-refractivity contribution is 5.88. The number of H-pyrrole nitrogens is 1. The summed E-state index contributed by atoms with van der Waals surface area (Å²) in [4.78, 5) is 17.3. The lowest BCUT2D eigenvalue weighted by Gasteiger charge is -2.34. The molecule has 7 nitrogen and oxygen atoms in total. The Hall–Kier alpha value is -3.58. The molecule has 0 saturated carbocycles. The van der Waals surface area contributed by atoms with Crippen LogP contribution in [0.15, 0.2) is 54.9 Å². The highest BCUT2D eigenvalue weighted by atomic mass is 15.2. The van der Waals surface area contributed by atoms with Gasteiger partial charge in [-0.3, -0.25) is 0 Å². The molecule has 0 spiro atoms. The summed E-state index contributed by atoms with van der Waals surface area (Å²) in [6.45, 7) is 8.45. The average molecular weight is 428 g/mol. The van der Waals surface area contributed by atoms with Gasteiger partial charge in [0.05, 0.1) is 5.52 Å². The molecule has 0 aliphatic carbocycles. The first-order chi connectivity index (χ1) is 15.6. The fourth-order valence-corrected chi connectivity index (χ4v) is 4.12. The quantitative estimate of drug-likeness (QED) is 0.424. The standard InChI is InChI=1S/C25H29N7/c1-17-16-27-25(28-20-5-7-21(8-6-20)32-14-12-31(3)13-15-32)30-24(17)29-22-9-4-19-10-11-26-23(19)18(22)2/h4-11,16,26H,12-15H2,1-3H3,(H2,27,28,29,30). The van der Waals surface area contributed by atoms with Gasteiger partial charge in [-0.05, 0) is 68.2 Å². The van der Waals surface area contributed by atoms with Gasteiger partial charge in [0.25, 0.3) is 0 Å². The van der Waals surface area contributed by atoms with Crippen LogP contribution in [0.2, 0.25) is 0 Å². The molecule has 32 heavy (non-hydrogen) atoms. The highest BCUT2D eigenvalue weighted by Crippen LogP contribution is 2.28. The van der Waals surface area contributed by atoms with Crippen molar-refractivity contribution >= 4 is 39.7 Å². The summed E-state index contributed by atoms with van der Waals surface area (Å²) in [5.41, 5.74) is 6.56. The maximum Gasteiger partial charge on any atom is 0.229 e. The zero-order valence-electron chi connectivity index (χ0n) is 18.8. The number of fused-ring (bicyclic) bond motifs is 1. The number of rotatable bonds is 5. The second-order valence-corrected chi connectivity index (χ2v) is 8.49. The van der Waals surface area contributed by atoms with Crippen LogP contribution in [0.25, 0.3) is 10.9 Å². The van der Waals surface area contributed by atoms with Gasteiger partial charge in [-0.1, -0.05) is 6.07 Å². The van der Waals surface area contributed by atoms with Crippen molar-refractivity contribution in [2.75, 3.05) is 48.8 Å². The van der Waals surface area contributed by atoms with Crippen molar-refractivity contribution in [1.82, 2.24) is 19.9 Å². The smallest absolute Gasteiger partial charge is 0.229 e. The Kier molecular flexibility index (Phi) is 5.41. The van der Waals surface area contributed by atoms with E-state index in [2.05, 4.69) is 86.8 Å². The second kappa shape index (κ2) is 8.51. The number of nitrogens with zero attached hydrogens (tertiary/aromatic N) is 4. The van der Waals surface area contributed by atoms with E-state index in [1.807, 2.05) is 19.3 Å². The molecule has 1 saturated heterocycles. The fourth-order valence-electron chi connectivity index (χ4n) is 4.12. The van der Waals surface area contributed by atoms with Gasteiger partial charge in [0, 0.05) is 61.2 Å². The fraction of sp³-hybridized carbons (Fsp3) is 0.280. The van der Waals surface area contributed by atoms with Crippen molar-refractivity contribution in [3.8, 4) is 0 Å². The Morgan fingerprint density at radius 3 is 2.47 bits per heavy atom. The third-order valence-electron chi connectivity index (χ3n) is 6.20. The first-order valence-electron chi connectivity index (χ1n) is 11.0. The van der Waals surface area contributed by atoms with E-state index in [-0.39, 0.29) is 0 Å². The first-order valence-corrected chi connectivity index (χ1v) is 11.0. The minimum atomic E-state index is 0.573. The Balaban J connectivity index is 1.32. The third kappa shape index (κ3) is 4.11. The molecule has 0 radical (unpaired) electrons. The van der Waals surface area contributed by atoms with E-state index in [1.54, 1.807) is 0 Å². The Morgan fingerprint density at radius 2 is 1.69 bits per heavy atom. The van der Waals surface area contributed by atoms with E-state index in [9.17, 15) is 0 Å². The van der Waals surface area contributed by atoms with Crippen molar-refractivity contribution in [3.63, 3.8) is 0 Å². The second-order valence-electron chi connectivity index (χ2n) is 8.49. The van der Waals surface area contributed by atoms with Crippen LogP contribution in [0.3, 0.4) is 0 Å². The molecule has 0 atom stereocenters. The third-order valence-corrected chi connectivity index (χ3v) is 6.20. The Morgan fingerprint density at radius 1 is 0.906 bits per heavy atom. The summed E-state index contributed by atoms with van der Waals surface area (Å²) in [6.07, 6.45) is 3.81. The van der Waals surface area contributed by atoms with Gasteiger partial charge in [0.15, 0.2) is 0 Å². The molecule has 1 aliphatic heterocycles. The van der Waals surface area contributed by atoms with Crippen LogP contribution in [0.5, 0.6) is 0 Å². The lowest BCUT2D eigenvalue weighted by atomic mass is 10.1. The average Bonchev–Trinajstić information content (AvgIpc) is 3.29. The van der Waals surface area contributed by atoms with Crippen LogP contribution in [-0.2, 0) is 0 Å². The molecule has 5 rings (SSSR count). The normalized spacial score (nSPS) is 14.7. The highest BCUT2D eigenvalue weighted by Gasteiger charge is 2.14. The SMILES string of the molecule is Cc1cnc(Nc2ccc(N3CCN(C)CC3)cc2)nc1Nc1ccc2cc[nH]c2c1C. The van der Waals surface area contributed by atoms with Gasteiger partial charge < -0.3 is 25.4 Å². The van der Waals surface area contributed by atoms with Crippen LogP contribution in [0, 0.1) is 13.8 Å². The summed E-state index contributed by atoms with van der Waals surface area (Å²) in [7, 11) is 2.18. The molecule has 1 fully saturated rings. The number of hydrogen-bond acceptors (Lipinski definition) is 6. The number of benzene rings is 2. The molecule has 3 heterocycles.